The van der Waals surface area contributed by atoms with Crippen LogP contribution in [0.25, 0.3) is 0 Å². The number of aliphatic carboxylic acids is 1. The third-order valence-electron chi connectivity index (χ3n) is 5.29. The van der Waals surface area contributed by atoms with E-state index in [1.165, 1.54) is 18.4 Å². The maximum Gasteiger partial charge on any atom is 0.307 e. The number of rotatable bonds is 6. The average Bonchev–Trinajstić information content (AvgIpc) is 3.01. The van der Waals surface area contributed by atoms with Gasteiger partial charge < -0.3 is 20.5 Å². The minimum atomic E-state index is -0.993. The molecule has 1 aromatic carbocycles. The Hall–Kier alpha value is -3.13. The smallest absolute Gasteiger partial charge is 0.307 e. The first-order valence-corrected chi connectivity index (χ1v) is 10.4. The number of anilines is 2. The van der Waals surface area contributed by atoms with E-state index < -0.39 is 17.8 Å². The average molecular weight is 429 g/mol. The molecule has 1 aliphatic carbocycles. The van der Waals surface area contributed by atoms with Crippen LogP contribution >= 0.6 is 11.3 Å². The normalized spacial score (nSPS) is 18.0. The molecule has 0 saturated heterocycles. The number of nitrogens with one attached hydrogen (secondary N) is 2. The number of carbonyl (C=O) groups excluding carboxylic acids is 2. The Kier molecular flexibility index (Phi) is 6.56. The van der Waals surface area contributed by atoms with E-state index in [9.17, 15) is 19.5 Å². The van der Waals surface area contributed by atoms with Gasteiger partial charge >= 0.3 is 5.97 Å². The Balaban J connectivity index is 1.86. The van der Waals surface area contributed by atoms with Crippen LogP contribution in [-0.2, 0) is 9.59 Å². The van der Waals surface area contributed by atoms with Crippen molar-refractivity contribution in [2.45, 2.75) is 26.7 Å². The molecule has 2 atom stereocenters. The van der Waals surface area contributed by atoms with Crippen LogP contribution in [0.1, 0.15) is 33.6 Å². The van der Waals surface area contributed by atoms with Crippen molar-refractivity contribution < 1.29 is 24.2 Å². The van der Waals surface area contributed by atoms with Gasteiger partial charge in [0.25, 0.3) is 5.91 Å². The van der Waals surface area contributed by atoms with Gasteiger partial charge in [-0.2, -0.15) is 0 Å². The lowest BCUT2D eigenvalue weighted by Gasteiger charge is -2.24. The Bertz CT molecular complexity index is 1010. The second kappa shape index (κ2) is 9.13. The van der Waals surface area contributed by atoms with E-state index >= 15 is 0 Å². The summed E-state index contributed by atoms with van der Waals surface area (Å²) in [5, 5.41) is 15.5. The number of carbonyl (C=O) groups is 3. The van der Waals surface area contributed by atoms with Gasteiger partial charge in [-0.3, -0.25) is 14.4 Å². The zero-order chi connectivity index (χ0) is 21.8. The zero-order valence-electron chi connectivity index (χ0n) is 17.0. The molecule has 1 aromatic heterocycles. The summed E-state index contributed by atoms with van der Waals surface area (Å²) in [7, 11) is 1.52. The molecule has 0 spiro atoms. The summed E-state index contributed by atoms with van der Waals surface area (Å²) >= 11 is 1.30. The number of amides is 2. The largest absolute Gasteiger partial charge is 0.495 e. The maximum atomic E-state index is 13.1. The number of allylic oxidation sites excluding steroid dienone is 2. The first kappa shape index (κ1) is 21.6. The lowest BCUT2D eigenvalue weighted by Crippen LogP contribution is -2.35. The number of hydrogen-bond acceptors (Lipinski definition) is 5. The minimum absolute atomic E-state index is 0.317. The number of aryl methyl sites for hydroxylation is 1. The Morgan fingerprint density at radius 3 is 2.40 bits per heavy atom. The molecule has 1 aliphatic rings. The van der Waals surface area contributed by atoms with Gasteiger partial charge in [-0.15, -0.1) is 11.3 Å². The summed E-state index contributed by atoms with van der Waals surface area (Å²) in [6, 6.07) is 7.06. The van der Waals surface area contributed by atoms with E-state index in [1.54, 1.807) is 30.3 Å². The predicted molar refractivity (Wildman–Crippen MR) is 116 cm³/mol. The van der Waals surface area contributed by atoms with Crippen LogP contribution < -0.4 is 15.4 Å². The second-order valence-electron chi connectivity index (χ2n) is 7.13. The van der Waals surface area contributed by atoms with E-state index in [2.05, 4.69) is 10.6 Å². The number of ether oxygens (including phenoxy) is 1. The molecule has 7 nitrogen and oxygen atoms in total. The van der Waals surface area contributed by atoms with Gasteiger partial charge in [-0.1, -0.05) is 24.3 Å². The zero-order valence-corrected chi connectivity index (χ0v) is 17.8. The molecule has 0 fully saturated rings. The first-order valence-electron chi connectivity index (χ1n) is 9.56. The van der Waals surface area contributed by atoms with Gasteiger partial charge in [0.15, 0.2) is 0 Å². The number of para-hydroxylation sites is 2. The van der Waals surface area contributed by atoms with Gasteiger partial charge in [0.2, 0.25) is 5.91 Å². The molecule has 0 aliphatic heterocycles. The van der Waals surface area contributed by atoms with E-state index in [-0.39, 0.29) is 11.8 Å². The van der Waals surface area contributed by atoms with E-state index in [4.69, 9.17) is 4.74 Å². The van der Waals surface area contributed by atoms with Crippen LogP contribution in [0.15, 0.2) is 36.4 Å². The highest BCUT2D eigenvalue weighted by Gasteiger charge is 2.35. The highest BCUT2D eigenvalue weighted by Crippen LogP contribution is 2.35. The molecule has 3 N–H and O–H groups in total. The molecule has 2 amide bonds. The van der Waals surface area contributed by atoms with Crippen molar-refractivity contribution in [2.24, 2.45) is 11.8 Å². The van der Waals surface area contributed by atoms with Crippen molar-refractivity contribution in [3.05, 3.63) is 52.4 Å². The molecule has 30 heavy (non-hydrogen) atoms. The molecular formula is C22H24N2O5S. The minimum Gasteiger partial charge on any atom is -0.495 e. The van der Waals surface area contributed by atoms with Gasteiger partial charge in [-0.05, 0) is 44.4 Å². The molecule has 0 radical (unpaired) electrons. The number of hydrogen-bond donors (Lipinski definition) is 3. The second-order valence-corrected chi connectivity index (χ2v) is 8.35. The number of methoxy groups -OCH3 is 1. The summed E-state index contributed by atoms with van der Waals surface area (Å²) in [5.74, 6) is -2.68. The van der Waals surface area contributed by atoms with Crippen molar-refractivity contribution >= 4 is 39.8 Å². The Morgan fingerprint density at radius 1 is 1.07 bits per heavy atom. The van der Waals surface area contributed by atoms with Gasteiger partial charge in [0, 0.05) is 4.88 Å². The summed E-state index contributed by atoms with van der Waals surface area (Å²) in [6.45, 7) is 3.70. The number of carboxylic acids is 1. The fourth-order valence-corrected chi connectivity index (χ4v) is 4.56. The van der Waals surface area contributed by atoms with Gasteiger partial charge in [0.05, 0.1) is 30.2 Å². The monoisotopic (exact) mass is 428 g/mol. The first-order chi connectivity index (χ1) is 14.3. The lowest BCUT2D eigenvalue weighted by atomic mass is 9.82. The molecule has 2 aromatic rings. The SMILES string of the molecule is COc1ccccc1NC(=O)c1c(NC(=O)[C@H]2CC=CC[C@H]2C(=O)O)sc(C)c1C. The number of thiophene rings is 1. The van der Waals surface area contributed by atoms with Crippen molar-refractivity contribution in [2.75, 3.05) is 17.7 Å². The third kappa shape index (κ3) is 4.38. The standard InChI is InChI=1S/C22H24N2O5S/c1-12-13(2)30-21(24-19(25)14-8-4-5-9-15(14)22(27)28)18(12)20(26)23-16-10-6-7-11-17(16)29-3/h4-7,10-11,14-15H,8-9H2,1-3H3,(H,23,26)(H,24,25)(H,27,28)/t14-,15+/m0/s1. The molecule has 1 heterocycles. The highest BCUT2D eigenvalue weighted by molar-refractivity contribution is 7.16. The van der Waals surface area contributed by atoms with Crippen LogP contribution in [0.3, 0.4) is 0 Å². The number of carboxylic acid groups (broad SMARTS) is 1. The summed E-state index contributed by atoms with van der Waals surface area (Å²) < 4.78 is 5.28. The van der Waals surface area contributed by atoms with Crippen molar-refractivity contribution in [3.8, 4) is 5.75 Å². The van der Waals surface area contributed by atoms with Crippen LogP contribution in [0, 0.1) is 25.7 Å². The highest BCUT2D eigenvalue weighted by atomic mass is 32.1. The fourth-order valence-electron chi connectivity index (χ4n) is 3.50. The molecule has 0 unspecified atom stereocenters. The van der Waals surface area contributed by atoms with Gasteiger partial charge in [0.1, 0.15) is 10.8 Å². The quantitative estimate of drug-likeness (QED) is 0.597. The summed E-state index contributed by atoms with van der Waals surface area (Å²) in [4.78, 5) is 38.4. The van der Waals surface area contributed by atoms with Crippen LogP contribution in [0.4, 0.5) is 10.7 Å². The van der Waals surface area contributed by atoms with Crippen molar-refractivity contribution in [1.29, 1.82) is 0 Å². The van der Waals surface area contributed by atoms with Gasteiger partial charge in [-0.25, -0.2) is 0 Å². The summed E-state index contributed by atoms with van der Waals surface area (Å²) in [6.07, 6.45) is 4.28. The molecule has 0 saturated carbocycles. The molecular weight excluding hydrogens is 404 g/mol. The van der Waals surface area contributed by atoms with E-state index in [1.807, 2.05) is 19.9 Å². The molecule has 3 rings (SSSR count). The summed E-state index contributed by atoms with van der Waals surface area (Å²) in [5.41, 5.74) is 1.66. The Labute approximate surface area is 178 Å². The molecule has 0 bridgehead atoms. The van der Waals surface area contributed by atoms with Crippen molar-refractivity contribution in [3.63, 3.8) is 0 Å². The maximum absolute atomic E-state index is 13.1. The predicted octanol–water partition coefficient (Wildman–Crippen LogP) is 4.23. The van der Waals surface area contributed by atoms with E-state index in [0.29, 0.717) is 34.8 Å². The molecule has 158 valence electrons. The third-order valence-corrected chi connectivity index (χ3v) is 6.41. The topological polar surface area (TPSA) is 105 Å². The van der Waals surface area contributed by atoms with Crippen molar-refractivity contribution in [1.82, 2.24) is 0 Å². The Morgan fingerprint density at radius 2 is 1.73 bits per heavy atom. The molecule has 8 heteroatoms. The number of benzene rings is 1. The van der Waals surface area contributed by atoms with E-state index in [0.717, 1.165) is 10.4 Å². The van der Waals surface area contributed by atoms with Crippen LogP contribution in [0.2, 0.25) is 0 Å². The fraction of sp³-hybridized carbons (Fsp3) is 0.318. The van der Waals surface area contributed by atoms with Crippen LogP contribution in [-0.4, -0.2) is 30.0 Å². The van der Waals surface area contributed by atoms with Crippen LogP contribution in [0.5, 0.6) is 5.75 Å². The lowest BCUT2D eigenvalue weighted by molar-refractivity contribution is -0.146.